The van der Waals surface area contributed by atoms with E-state index in [1.165, 1.54) is 12.1 Å². The summed E-state index contributed by atoms with van der Waals surface area (Å²) in [6.45, 7) is 0.447. The molecule has 7 heteroatoms. The molecule has 17 heavy (non-hydrogen) atoms. The van der Waals surface area contributed by atoms with Crippen molar-refractivity contribution >= 4 is 33.1 Å². The molecule has 0 fully saturated rings. The van der Waals surface area contributed by atoms with Crippen LogP contribution in [0.15, 0.2) is 16.3 Å². The zero-order valence-corrected chi connectivity index (χ0v) is 11.9. The van der Waals surface area contributed by atoms with Gasteiger partial charge in [-0.3, -0.25) is 0 Å². The number of thioether (sulfide) groups is 1. The molecule has 4 nitrogen and oxygen atoms in total. The summed E-state index contributed by atoms with van der Waals surface area (Å²) < 4.78 is 26.3. The number of hydrogen-bond donors (Lipinski definition) is 1. The number of nitrogens with one attached hydrogen (secondary N) is 1. The molecule has 0 radical (unpaired) electrons. The van der Waals surface area contributed by atoms with Crippen LogP contribution in [0.25, 0.3) is 0 Å². The highest BCUT2D eigenvalue weighted by Crippen LogP contribution is 2.20. The summed E-state index contributed by atoms with van der Waals surface area (Å²) in [5, 5.41) is 8.63. The first-order chi connectivity index (χ1) is 8.10. The summed E-state index contributed by atoms with van der Waals surface area (Å²) in [5.74, 6) is 1.04. The van der Waals surface area contributed by atoms with Crippen molar-refractivity contribution in [2.45, 2.75) is 17.1 Å². The second kappa shape index (κ2) is 7.01. The molecule has 1 heterocycles. The molecule has 0 amide bonds. The van der Waals surface area contributed by atoms with Gasteiger partial charge in [0.05, 0.1) is 0 Å². The van der Waals surface area contributed by atoms with Crippen molar-refractivity contribution in [3.05, 3.63) is 17.0 Å². The van der Waals surface area contributed by atoms with Crippen LogP contribution in [0.2, 0.25) is 0 Å². The minimum absolute atomic E-state index is 0.207. The maximum atomic E-state index is 11.8. The van der Waals surface area contributed by atoms with E-state index in [0.29, 0.717) is 11.4 Å². The van der Waals surface area contributed by atoms with Gasteiger partial charge < -0.3 is 0 Å². The van der Waals surface area contributed by atoms with E-state index in [1.54, 1.807) is 11.8 Å². The summed E-state index contributed by atoms with van der Waals surface area (Å²) in [4.78, 5) is 0.410. The summed E-state index contributed by atoms with van der Waals surface area (Å²) in [7, 11) is -3.43. The largest absolute Gasteiger partial charge is 0.250 e. The monoisotopic (exact) mass is 290 g/mol. The van der Waals surface area contributed by atoms with Crippen LogP contribution in [0.5, 0.6) is 0 Å². The molecule has 0 aliphatic rings. The number of thiophene rings is 1. The molecule has 0 unspecified atom stereocenters. The molecule has 0 aliphatic heterocycles. The quantitative estimate of drug-likeness (QED) is 0.780. The molecular formula is C10H14N2O2S3. The van der Waals surface area contributed by atoms with Crippen LogP contribution in [0, 0.1) is 11.3 Å². The predicted octanol–water partition coefficient (Wildman–Crippen LogP) is 2.04. The van der Waals surface area contributed by atoms with E-state index in [-0.39, 0.29) is 4.21 Å². The maximum Gasteiger partial charge on any atom is 0.250 e. The van der Waals surface area contributed by atoms with Gasteiger partial charge in [-0.15, -0.1) is 11.3 Å². The van der Waals surface area contributed by atoms with Gasteiger partial charge in [-0.1, -0.05) is 0 Å². The van der Waals surface area contributed by atoms with E-state index >= 15 is 0 Å². The van der Waals surface area contributed by atoms with Crippen molar-refractivity contribution in [1.82, 2.24) is 4.72 Å². The first-order valence-corrected chi connectivity index (χ1v) is 8.78. The minimum Gasteiger partial charge on any atom is -0.210 e. The molecule has 1 rings (SSSR count). The Bertz CT molecular complexity index is 488. The summed E-state index contributed by atoms with van der Waals surface area (Å²) >= 11 is 2.74. The van der Waals surface area contributed by atoms with Crippen molar-refractivity contribution in [2.75, 3.05) is 18.6 Å². The third-order valence-corrected chi connectivity index (χ3v) is 5.66. The first kappa shape index (κ1) is 14.5. The van der Waals surface area contributed by atoms with Crippen LogP contribution in [0.4, 0.5) is 0 Å². The van der Waals surface area contributed by atoms with Gasteiger partial charge in [-0.2, -0.15) is 17.0 Å². The zero-order chi connectivity index (χ0) is 12.7. The van der Waals surface area contributed by atoms with Crippen LogP contribution in [-0.2, 0) is 10.0 Å². The molecule has 0 atom stereocenters. The second-order valence-corrected chi connectivity index (χ2v) is 7.39. The van der Waals surface area contributed by atoms with Crippen LogP contribution in [0.1, 0.15) is 17.7 Å². The van der Waals surface area contributed by atoms with Crippen LogP contribution < -0.4 is 4.72 Å². The lowest BCUT2D eigenvalue weighted by atomic mass is 10.3. The smallest absolute Gasteiger partial charge is 0.210 e. The highest BCUT2D eigenvalue weighted by Gasteiger charge is 2.15. The van der Waals surface area contributed by atoms with Crippen LogP contribution in [-0.4, -0.2) is 27.0 Å². The fraction of sp³-hybridized carbons (Fsp3) is 0.500. The number of unbranched alkanes of at least 4 members (excludes halogenated alkanes) is 1. The molecule has 0 bridgehead atoms. The Morgan fingerprint density at radius 1 is 1.47 bits per heavy atom. The third-order valence-electron chi connectivity index (χ3n) is 2.02. The fourth-order valence-corrected chi connectivity index (χ4v) is 3.89. The molecule has 0 spiro atoms. The Balaban J connectivity index is 2.49. The molecule has 94 valence electrons. The van der Waals surface area contributed by atoms with Gasteiger partial charge in [-0.05, 0) is 37.0 Å². The Hall–Kier alpha value is -0.550. The van der Waals surface area contributed by atoms with E-state index in [4.69, 9.17) is 5.26 Å². The highest BCUT2D eigenvalue weighted by atomic mass is 32.2. The normalized spacial score (nSPS) is 11.3. The van der Waals surface area contributed by atoms with Crippen LogP contribution in [0.3, 0.4) is 0 Å². The van der Waals surface area contributed by atoms with E-state index in [1.807, 2.05) is 12.3 Å². The fourth-order valence-electron chi connectivity index (χ4n) is 1.17. The lowest BCUT2D eigenvalue weighted by Gasteiger charge is -2.03. The van der Waals surface area contributed by atoms with Gasteiger partial charge in [0.25, 0.3) is 0 Å². The van der Waals surface area contributed by atoms with E-state index < -0.39 is 10.0 Å². The zero-order valence-electron chi connectivity index (χ0n) is 9.47. The topological polar surface area (TPSA) is 70.0 Å². The van der Waals surface area contributed by atoms with Gasteiger partial charge in [-0.25, -0.2) is 13.1 Å². The number of nitrogens with zero attached hydrogens (tertiary/aromatic N) is 1. The standard InChI is InChI=1S/C10H14N2O2S3/c1-15-7-3-2-6-12-17(13,14)10-5-4-9(8-11)16-10/h4-5,12H,2-3,6-7H2,1H3. The molecule has 0 aromatic carbocycles. The number of rotatable bonds is 7. The molecule has 0 aliphatic carbocycles. The average Bonchev–Trinajstić information content (AvgIpc) is 2.78. The van der Waals surface area contributed by atoms with Crippen LogP contribution >= 0.6 is 23.1 Å². The van der Waals surface area contributed by atoms with E-state index in [9.17, 15) is 8.42 Å². The van der Waals surface area contributed by atoms with Crippen molar-refractivity contribution in [2.24, 2.45) is 0 Å². The number of nitriles is 1. The van der Waals surface area contributed by atoms with Crippen molar-refractivity contribution in [3.63, 3.8) is 0 Å². The van der Waals surface area contributed by atoms with Crippen molar-refractivity contribution in [3.8, 4) is 6.07 Å². The Kier molecular flexibility index (Phi) is 5.98. The Labute approximate surface area is 110 Å². The third kappa shape index (κ3) is 4.68. The van der Waals surface area contributed by atoms with E-state index in [2.05, 4.69) is 4.72 Å². The van der Waals surface area contributed by atoms with Gasteiger partial charge in [0, 0.05) is 6.54 Å². The Morgan fingerprint density at radius 2 is 2.24 bits per heavy atom. The molecule has 0 saturated heterocycles. The van der Waals surface area contributed by atoms with E-state index in [0.717, 1.165) is 29.9 Å². The minimum atomic E-state index is -3.43. The average molecular weight is 290 g/mol. The highest BCUT2D eigenvalue weighted by molar-refractivity contribution is 7.98. The first-order valence-electron chi connectivity index (χ1n) is 5.08. The van der Waals surface area contributed by atoms with Gasteiger partial charge >= 0.3 is 0 Å². The number of sulfonamides is 1. The molecule has 0 saturated carbocycles. The molecule has 1 aromatic rings. The molecule has 1 N–H and O–H groups in total. The van der Waals surface area contributed by atoms with Gasteiger partial charge in [0.2, 0.25) is 10.0 Å². The van der Waals surface area contributed by atoms with Gasteiger partial charge in [0.15, 0.2) is 0 Å². The SMILES string of the molecule is CSCCCCNS(=O)(=O)c1ccc(C#N)s1. The maximum absolute atomic E-state index is 11.8. The predicted molar refractivity (Wildman–Crippen MR) is 71.8 cm³/mol. The summed E-state index contributed by atoms with van der Waals surface area (Å²) in [5.41, 5.74) is 0. The van der Waals surface area contributed by atoms with Crippen molar-refractivity contribution < 1.29 is 8.42 Å². The summed E-state index contributed by atoms with van der Waals surface area (Å²) in [6.07, 6.45) is 3.85. The lowest BCUT2D eigenvalue weighted by Crippen LogP contribution is -2.24. The van der Waals surface area contributed by atoms with Gasteiger partial charge in [0.1, 0.15) is 15.2 Å². The molecular weight excluding hydrogens is 276 g/mol. The Morgan fingerprint density at radius 3 is 2.82 bits per heavy atom. The molecule has 1 aromatic heterocycles. The lowest BCUT2D eigenvalue weighted by molar-refractivity contribution is 0.580. The second-order valence-electron chi connectivity index (χ2n) is 3.33. The summed E-state index contributed by atoms with van der Waals surface area (Å²) in [6, 6.07) is 4.91. The number of hydrogen-bond acceptors (Lipinski definition) is 5. The van der Waals surface area contributed by atoms with Crippen molar-refractivity contribution in [1.29, 1.82) is 5.26 Å².